The first kappa shape index (κ1) is 15.2. The van der Waals surface area contributed by atoms with Crippen molar-refractivity contribution in [1.82, 2.24) is 4.98 Å². The lowest BCUT2D eigenvalue weighted by atomic mass is 9.76. The third-order valence-corrected chi connectivity index (χ3v) is 5.14. The molecule has 0 atom stereocenters. The van der Waals surface area contributed by atoms with Gasteiger partial charge >= 0.3 is 0 Å². The average molecular weight is 308 g/mol. The molecule has 0 saturated heterocycles. The summed E-state index contributed by atoms with van der Waals surface area (Å²) in [6.07, 6.45) is 1.91. The van der Waals surface area contributed by atoms with E-state index in [1.54, 1.807) is 11.3 Å². The normalized spacial score (nSPS) is 11.6. The van der Waals surface area contributed by atoms with Gasteiger partial charge in [-0.3, -0.25) is 4.79 Å². The fourth-order valence-electron chi connectivity index (χ4n) is 2.53. The van der Waals surface area contributed by atoms with Crippen molar-refractivity contribution in [3.05, 3.63) is 52.0 Å². The molecule has 2 rings (SSSR count). The summed E-state index contributed by atoms with van der Waals surface area (Å²) in [4.78, 5) is 16.2. The van der Waals surface area contributed by atoms with Gasteiger partial charge in [0.05, 0.1) is 5.88 Å². The molecule has 4 heteroatoms. The number of nitrogens with zero attached hydrogens (tertiary/aromatic N) is 1. The lowest BCUT2D eigenvalue weighted by Crippen LogP contribution is -2.26. The number of Topliss-reactive ketones (excluding diaryl/α,β-unsaturated/α-hetero) is 1. The van der Waals surface area contributed by atoms with Gasteiger partial charge < -0.3 is 0 Å². The van der Waals surface area contributed by atoms with Gasteiger partial charge in [0, 0.05) is 10.8 Å². The predicted octanol–water partition coefficient (Wildman–Crippen LogP) is 4.67. The minimum atomic E-state index is -0.114. The van der Waals surface area contributed by atoms with Gasteiger partial charge in [-0.15, -0.1) is 22.9 Å². The van der Waals surface area contributed by atoms with Crippen LogP contribution in [0.2, 0.25) is 0 Å². The van der Waals surface area contributed by atoms with E-state index < -0.39 is 0 Å². The minimum Gasteiger partial charge on any atom is -0.291 e. The zero-order valence-corrected chi connectivity index (χ0v) is 13.3. The van der Waals surface area contributed by atoms with Crippen LogP contribution < -0.4 is 0 Å². The minimum absolute atomic E-state index is 0.0141. The molecular formula is C16H18ClNOS. The molecule has 0 radical (unpaired) electrons. The summed E-state index contributed by atoms with van der Waals surface area (Å²) in [6, 6.07) is 10.4. The van der Waals surface area contributed by atoms with Gasteiger partial charge in [-0.1, -0.05) is 44.2 Å². The Morgan fingerprint density at radius 3 is 2.45 bits per heavy atom. The topological polar surface area (TPSA) is 30.0 Å². The monoisotopic (exact) mass is 307 g/mol. The fourth-order valence-corrected chi connectivity index (χ4v) is 3.86. The molecule has 2 nitrogen and oxygen atoms in total. The first-order valence-electron chi connectivity index (χ1n) is 6.78. The molecule has 2 aromatic rings. The number of carbonyl (C=O) groups excluding carboxylic acids is 1. The number of benzene rings is 1. The number of halogens is 1. The third-order valence-electron chi connectivity index (χ3n) is 3.85. The number of hydrogen-bond donors (Lipinski definition) is 0. The second kappa shape index (κ2) is 6.51. The Bertz CT molecular complexity index is 575. The molecule has 0 fully saturated rings. The van der Waals surface area contributed by atoms with E-state index in [4.69, 9.17) is 11.6 Å². The van der Waals surface area contributed by atoms with E-state index in [0.717, 1.165) is 17.8 Å². The lowest BCUT2D eigenvalue weighted by Gasteiger charge is -2.30. The van der Waals surface area contributed by atoms with Gasteiger partial charge in [0.2, 0.25) is 0 Å². The molecule has 1 heterocycles. The second-order valence-corrected chi connectivity index (χ2v) is 5.88. The Labute approximate surface area is 128 Å². The molecule has 0 saturated carbocycles. The highest BCUT2D eigenvalue weighted by molar-refractivity contribution is 7.10. The molecule has 0 amide bonds. The molecule has 0 bridgehead atoms. The largest absolute Gasteiger partial charge is 0.291 e. The zero-order valence-electron chi connectivity index (χ0n) is 11.7. The molecule has 0 aliphatic carbocycles. The van der Waals surface area contributed by atoms with Crippen LogP contribution in [0.15, 0.2) is 35.7 Å². The number of ketones is 1. The molecule has 20 heavy (non-hydrogen) atoms. The standard InChI is InChI=1S/C16H18ClNOS/c1-3-16(4-2,12-8-6-5-7-9-12)15-18-13(11-20-15)14(19)10-17/h5-9,11H,3-4,10H2,1-2H3. The second-order valence-electron chi connectivity index (χ2n) is 4.75. The van der Waals surface area contributed by atoms with Crippen molar-refractivity contribution < 1.29 is 4.79 Å². The molecule has 0 N–H and O–H groups in total. The number of aromatic nitrogens is 1. The van der Waals surface area contributed by atoms with Crippen molar-refractivity contribution in [3.63, 3.8) is 0 Å². The van der Waals surface area contributed by atoms with Crippen molar-refractivity contribution in [3.8, 4) is 0 Å². The van der Waals surface area contributed by atoms with Crippen LogP contribution in [-0.4, -0.2) is 16.6 Å². The van der Waals surface area contributed by atoms with Crippen LogP contribution in [0.3, 0.4) is 0 Å². The van der Waals surface area contributed by atoms with Crippen LogP contribution in [0.4, 0.5) is 0 Å². The maximum absolute atomic E-state index is 11.7. The summed E-state index contributed by atoms with van der Waals surface area (Å²) < 4.78 is 0. The van der Waals surface area contributed by atoms with Crippen LogP contribution >= 0.6 is 22.9 Å². The van der Waals surface area contributed by atoms with Crippen LogP contribution in [0, 0.1) is 0 Å². The Hall–Kier alpha value is -1.19. The Kier molecular flexibility index (Phi) is 4.95. The molecule has 0 unspecified atom stereocenters. The van der Waals surface area contributed by atoms with Crippen molar-refractivity contribution in [2.45, 2.75) is 32.1 Å². The zero-order chi connectivity index (χ0) is 14.6. The summed E-state index contributed by atoms with van der Waals surface area (Å²) in [5, 5.41) is 2.82. The number of hydrogen-bond acceptors (Lipinski definition) is 3. The van der Waals surface area contributed by atoms with E-state index in [-0.39, 0.29) is 17.1 Å². The van der Waals surface area contributed by atoms with E-state index in [0.29, 0.717) is 5.69 Å². The van der Waals surface area contributed by atoms with E-state index >= 15 is 0 Å². The van der Waals surface area contributed by atoms with Gasteiger partial charge in [-0.2, -0.15) is 0 Å². The summed E-state index contributed by atoms with van der Waals surface area (Å²) in [6.45, 7) is 4.34. The maximum Gasteiger partial charge on any atom is 0.196 e. The van der Waals surface area contributed by atoms with E-state index in [9.17, 15) is 4.79 Å². The van der Waals surface area contributed by atoms with Gasteiger partial charge in [0.1, 0.15) is 10.7 Å². The number of rotatable bonds is 6. The Morgan fingerprint density at radius 2 is 1.90 bits per heavy atom. The maximum atomic E-state index is 11.7. The first-order chi connectivity index (χ1) is 9.67. The van der Waals surface area contributed by atoms with E-state index in [2.05, 4.69) is 31.0 Å². The first-order valence-corrected chi connectivity index (χ1v) is 8.20. The smallest absolute Gasteiger partial charge is 0.196 e. The van der Waals surface area contributed by atoms with Gasteiger partial charge in [0.25, 0.3) is 0 Å². The molecule has 0 spiro atoms. The van der Waals surface area contributed by atoms with Crippen LogP contribution in [-0.2, 0) is 5.41 Å². The summed E-state index contributed by atoms with van der Waals surface area (Å²) in [5.41, 5.74) is 1.63. The molecule has 106 valence electrons. The van der Waals surface area contributed by atoms with Crippen LogP contribution in [0.5, 0.6) is 0 Å². The van der Waals surface area contributed by atoms with Gasteiger partial charge in [-0.05, 0) is 18.4 Å². The van der Waals surface area contributed by atoms with Crippen molar-refractivity contribution >= 4 is 28.7 Å². The lowest BCUT2D eigenvalue weighted by molar-refractivity contribution is 0.101. The van der Waals surface area contributed by atoms with Crippen molar-refractivity contribution in [2.24, 2.45) is 0 Å². The molecule has 0 aliphatic rings. The molecule has 0 aliphatic heterocycles. The molecule has 1 aromatic carbocycles. The fraction of sp³-hybridized carbons (Fsp3) is 0.375. The highest BCUT2D eigenvalue weighted by Crippen LogP contribution is 2.40. The van der Waals surface area contributed by atoms with Crippen LogP contribution in [0.1, 0.15) is 47.7 Å². The van der Waals surface area contributed by atoms with Crippen LogP contribution in [0.25, 0.3) is 0 Å². The van der Waals surface area contributed by atoms with E-state index in [1.165, 1.54) is 5.56 Å². The Morgan fingerprint density at radius 1 is 1.25 bits per heavy atom. The highest BCUT2D eigenvalue weighted by atomic mass is 35.5. The van der Waals surface area contributed by atoms with E-state index in [1.807, 2.05) is 23.6 Å². The molecule has 1 aromatic heterocycles. The number of alkyl halides is 1. The number of carbonyl (C=O) groups is 1. The highest BCUT2D eigenvalue weighted by Gasteiger charge is 2.34. The van der Waals surface area contributed by atoms with Crippen molar-refractivity contribution in [1.29, 1.82) is 0 Å². The summed E-state index contributed by atoms with van der Waals surface area (Å²) in [5.74, 6) is -0.122. The molecular weight excluding hydrogens is 290 g/mol. The number of thiazole rings is 1. The quantitative estimate of drug-likeness (QED) is 0.573. The average Bonchev–Trinajstić information content (AvgIpc) is 3.00. The SMILES string of the molecule is CCC(CC)(c1ccccc1)c1nc(C(=O)CCl)cs1. The van der Waals surface area contributed by atoms with Crippen molar-refractivity contribution in [2.75, 3.05) is 5.88 Å². The van der Waals surface area contributed by atoms with Gasteiger partial charge in [0.15, 0.2) is 5.78 Å². The Balaban J connectivity index is 2.48. The van der Waals surface area contributed by atoms with Gasteiger partial charge in [-0.25, -0.2) is 4.98 Å². The predicted molar refractivity (Wildman–Crippen MR) is 85.0 cm³/mol. The summed E-state index contributed by atoms with van der Waals surface area (Å²) in [7, 11) is 0. The summed E-state index contributed by atoms with van der Waals surface area (Å²) >= 11 is 7.16. The third kappa shape index (κ3) is 2.65.